The average Bonchev–Trinajstić information content (AvgIpc) is 2.07. The summed E-state index contributed by atoms with van der Waals surface area (Å²) in [5.74, 6) is 0. The molecular weight excluding hydrogens is 134 g/mol. The van der Waals surface area contributed by atoms with Crippen molar-refractivity contribution in [2.24, 2.45) is 0 Å². The van der Waals surface area contributed by atoms with Crippen molar-refractivity contribution in [3.05, 3.63) is 6.92 Å². The van der Waals surface area contributed by atoms with Gasteiger partial charge in [-0.2, -0.15) is 0 Å². The van der Waals surface area contributed by atoms with Crippen LogP contribution in [-0.2, 0) is 0 Å². The van der Waals surface area contributed by atoms with E-state index < -0.39 is 0 Å². The van der Waals surface area contributed by atoms with Crippen LogP contribution in [0.4, 0.5) is 0 Å². The van der Waals surface area contributed by atoms with Gasteiger partial charge in [0.25, 0.3) is 0 Å². The number of hydrogen-bond donors (Lipinski definition) is 1. The van der Waals surface area contributed by atoms with E-state index in [1.54, 1.807) is 0 Å². The third kappa shape index (κ3) is 3.76. The van der Waals surface area contributed by atoms with Gasteiger partial charge in [-0.25, -0.2) is 0 Å². The molecule has 65 valence electrons. The minimum Gasteiger partial charge on any atom is -0.314 e. The number of nitrogens with one attached hydrogen (secondary N) is 1. The van der Waals surface area contributed by atoms with Gasteiger partial charge >= 0.3 is 0 Å². The van der Waals surface area contributed by atoms with Crippen molar-refractivity contribution in [2.75, 3.05) is 6.54 Å². The highest BCUT2D eigenvalue weighted by atomic mass is 14.9. The molecule has 1 rings (SSSR count). The lowest BCUT2D eigenvalue weighted by Crippen LogP contribution is -2.33. The lowest BCUT2D eigenvalue weighted by Gasteiger charge is -2.23. The molecule has 1 heteroatoms. The summed E-state index contributed by atoms with van der Waals surface area (Å²) in [6.45, 7) is 5.09. The molecule has 1 heterocycles. The maximum Gasteiger partial charge on any atom is 0.00670 e. The van der Waals surface area contributed by atoms with Gasteiger partial charge in [-0.1, -0.05) is 32.6 Å². The molecule has 0 aliphatic carbocycles. The van der Waals surface area contributed by atoms with E-state index >= 15 is 0 Å². The Hall–Kier alpha value is -0.0400. The van der Waals surface area contributed by atoms with Crippen LogP contribution in [0.1, 0.15) is 44.9 Å². The van der Waals surface area contributed by atoms with Crippen molar-refractivity contribution in [1.82, 2.24) is 5.32 Å². The Balaban J connectivity index is 1.96. The molecule has 0 aromatic rings. The molecule has 0 aromatic carbocycles. The SMILES string of the molecule is [CH2]CCCCC1CCCCN1. The van der Waals surface area contributed by atoms with Crippen LogP contribution in [0.2, 0.25) is 0 Å². The molecule has 1 radical (unpaired) electrons. The molecule has 1 N–H and O–H groups in total. The summed E-state index contributed by atoms with van der Waals surface area (Å²) in [5, 5.41) is 3.56. The van der Waals surface area contributed by atoms with Gasteiger partial charge < -0.3 is 5.32 Å². The molecule has 0 spiro atoms. The maximum atomic E-state index is 3.85. The molecule has 1 nitrogen and oxygen atoms in total. The number of hydrogen-bond acceptors (Lipinski definition) is 1. The van der Waals surface area contributed by atoms with Crippen molar-refractivity contribution in [1.29, 1.82) is 0 Å². The number of rotatable bonds is 4. The Morgan fingerprint density at radius 3 is 2.82 bits per heavy atom. The van der Waals surface area contributed by atoms with Crippen LogP contribution >= 0.6 is 0 Å². The summed E-state index contributed by atoms with van der Waals surface area (Å²) < 4.78 is 0. The smallest absolute Gasteiger partial charge is 0.00670 e. The van der Waals surface area contributed by atoms with Crippen LogP contribution in [0, 0.1) is 6.92 Å². The number of piperidine rings is 1. The van der Waals surface area contributed by atoms with E-state index in [9.17, 15) is 0 Å². The molecule has 1 saturated heterocycles. The van der Waals surface area contributed by atoms with Gasteiger partial charge in [0.2, 0.25) is 0 Å². The number of unbranched alkanes of at least 4 members (excludes halogenated alkanes) is 2. The van der Waals surface area contributed by atoms with E-state index in [4.69, 9.17) is 0 Å². The van der Waals surface area contributed by atoms with E-state index in [0.717, 1.165) is 12.5 Å². The molecular formula is C10H20N. The molecule has 0 amide bonds. The zero-order valence-electron chi connectivity index (χ0n) is 7.44. The predicted octanol–water partition coefficient (Wildman–Crippen LogP) is 2.52. The summed E-state index contributed by atoms with van der Waals surface area (Å²) >= 11 is 0. The topological polar surface area (TPSA) is 12.0 Å². The van der Waals surface area contributed by atoms with Crippen LogP contribution in [0.3, 0.4) is 0 Å². The molecule has 11 heavy (non-hydrogen) atoms. The first-order valence-corrected chi connectivity index (χ1v) is 4.96. The highest BCUT2D eigenvalue weighted by molar-refractivity contribution is 4.71. The van der Waals surface area contributed by atoms with Crippen molar-refractivity contribution in [3.63, 3.8) is 0 Å². The summed E-state index contributed by atoms with van der Waals surface area (Å²) in [6, 6.07) is 0.829. The lowest BCUT2D eigenvalue weighted by molar-refractivity contribution is 0.373. The first-order chi connectivity index (χ1) is 5.43. The molecule has 0 bridgehead atoms. The van der Waals surface area contributed by atoms with Crippen LogP contribution in [0.15, 0.2) is 0 Å². The summed E-state index contributed by atoms with van der Waals surface area (Å²) in [5.41, 5.74) is 0. The Labute approximate surface area is 70.6 Å². The largest absolute Gasteiger partial charge is 0.314 e. The van der Waals surface area contributed by atoms with E-state index in [0.29, 0.717) is 0 Å². The standard InChI is InChI=1S/C10H20N/c1-2-3-4-7-10-8-5-6-9-11-10/h10-11H,1-9H2. The Morgan fingerprint density at radius 1 is 1.27 bits per heavy atom. The van der Waals surface area contributed by atoms with Crippen LogP contribution in [0.25, 0.3) is 0 Å². The Bertz CT molecular complexity index is 84.9. The predicted molar refractivity (Wildman–Crippen MR) is 49.5 cm³/mol. The monoisotopic (exact) mass is 154 g/mol. The molecule has 0 saturated carbocycles. The molecule has 1 unspecified atom stereocenters. The van der Waals surface area contributed by atoms with Gasteiger partial charge in [0.05, 0.1) is 0 Å². The van der Waals surface area contributed by atoms with Crippen LogP contribution in [-0.4, -0.2) is 12.6 Å². The van der Waals surface area contributed by atoms with Crippen molar-refractivity contribution in [3.8, 4) is 0 Å². The second-order valence-corrected chi connectivity index (χ2v) is 3.50. The molecule has 0 aromatic heterocycles. The maximum absolute atomic E-state index is 3.85. The quantitative estimate of drug-likeness (QED) is 0.613. The van der Waals surface area contributed by atoms with Gasteiger partial charge in [0.1, 0.15) is 0 Å². The van der Waals surface area contributed by atoms with Crippen LogP contribution in [0.5, 0.6) is 0 Å². The summed E-state index contributed by atoms with van der Waals surface area (Å²) in [4.78, 5) is 0. The normalized spacial score (nSPS) is 25.4. The molecule has 1 aliphatic heterocycles. The average molecular weight is 154 g/mol. The van der Waals surface area contributed by atoms with E-state index in [1.165, 1.54) is 45.1 Å². The molecule has 1 atom stereocenters. The van der Waals surface area contributed by atoms with Gasteiger partial charge in [-0.05, 0) is 25.8 Å². The fourth-order valence-electron chi connectivity index (χ4n) is 1.74. The third-order valence-corrected chi connectivity index (χ3v) is 2.46. The van der Waals surface area contributed by atoms with Gasteiger partial charge in [-0.15, -0.1) is 0 Å². The minimum absolute atomic E-state index is 0.829. The zero-order chi connectivity index (χ0) is 7.94. The van der Waals surface area contributed by atoms with E-state index in [2.05, 4.69) is 12.2 Å². The Kier molecular flexibility index (Phi) is 4.60. The molecule has 1 aliphatic rings. The first-order valence-electron chi connectivity index (χ1n) is 4.96. The van der Waals surface area contributed by atoms with Gasteiger partial charge in [0, 0.05) is 6.04 Å². The van der Waals surface area contributed by atoms with E-state index in [1.807, 2.05) is 0 Å². The second-order valence-electron chi connectivity index (χ2n) is 3.50. The van der Waals surface area contributed by atoms with Crippen molar-refractivity contribution >= 4 is 0 Å². The fourth-order valence-corrected chi connectivity index (χ4v) is 1.74. The van der Waals surface area contributed by atoms with Gasteiger partial charge in [-0.3, -0.25) is 0 Å². The van der Waals surface area contributed by atoms with E-state index in [-0.39, 0.29) is 0 Å². The lowest BCUT2D eigenvalue weighted by atomic mass is 9.99. The third-order valence-electron chi connectivity index (χ3n) is 2.46. The Morgan fingerprint density at radius 2 is 2.18 bits per heavy atom. The zero-order valence-corrected chi connectivity index (χ0v) is 7.44. The second kappa shape index (κ2) is 5.59. The van der Waals surface area contributed by atoms with Crippen LogP contribution < -0.4 is 5.32 Å². The highest BCUT2D eigenvalue weighted by Crippen LogP contribution is 2.12. The van der Waals surface area contributed by atoms with Gasteiger partial charge in [0.15, 0.2) is 0 Å². The van der Waals surface area contributed by atoms with Crippen molar-refractivity contribution in [2.45, 2.75) is 51.0 Å². The minimum atomic E-state index is 0.829. The molecule has 1 fully saturated rings. The summed E-state index contributed by atoms with van der Waals surface area (Å²) in [6.07, 6.45) is 9.35. The van der Waals surface area contributed by atoms with Crippen molar-refractivity contribution < 1.29 is 0 Å². The highest BCUT2D eigenvalue weighted by Gasteiger charge is 2.10. The first kappa shape index (κ1) is 9.05. The fraction of sp³-hybridized carbons (Fsp3) is 0.900. The summed E-state index contributed by atoms with van der Waals surface area (Å²) in [7, 11) is 0.